The number of halogens is 2. The van der Waals surface area contributed by atoms with Crippen molar-refractivity contribution < 1.29 is 4.79 Å². The van der Waals surface area contributed by atoms with Gasteiger partial charge in [0, 0.05) is 11.8 Å². The molecule has 1 aromatic heterocycles. The van der Waals surface area contributed by atoms with Crippen LogP contribution in [0.5, 0.6) is 0 Å². The summed E-state index contributed by atoms with van der Waals surface area (Å²) in [6.07, 6.45) is 0. The first-order valence-electron chi connectivity index (χ1n) is 5.31. The van der Waals surface area contributed by atoms with E-state index in [9.17, 15) is 14.4 Å². The summed E-state index contributed by atoms with van der Waals surface area (Å²) in [5, 5.41) is 5.42. The third-order valence-corrected chi connectivity index (χ3v) is 2.93. The number of aromatic amines is 2. The van der Waals surface area contributed by atoms with Gasteiger partial charge in [0.15, 0.2) is 0 Å². The van der Waals surface area contributed by atoms with Crippen molar-refractivity contribution in [2.24, 2.45) is 0 Å². The zero-order valence-corrected chi connectivity index (χ0v) is 11.3. The zero-order chi connectivity index (χ0) is 14.7. The van der Waals surface area contributed by atoms with Crippen LogP contribution >= 0.6 is 23.2 Å². The lowest BCUT2D eigenvalue weighted by atomic mass is 10.3. The van der Waals surface area contributed by atoms with Crippen molar-refractivity contribution in [3.8, 4) is 0 Å². The molecule has 1 heterocycles. The molecule has 2 rings (SSSR count). The summed E-state index contributed by atoms with van der Waals surface area (Å²) in [6, 6.07) is 4.92. The van der Waals surface area contributed by atoms with E-state index in [1.54, 1.807) is 6.07 Å². The van der Waals surface area contributed by atoms with Crippen LogP contribution < -0.4 is 21.9 Å². The van der Waals surface area contributed by atoms with E-state index in [-0.39, 0.29) is 10.8 Å². The van der Waals surface area contributed by atoms with Crippen molar-refractivity contribution in [1.82, 2.24) is 9.97 Å². The van der Waals surface area contributed by atoms with Gasteiger partial charge in [0.05, 0.1) is 10.0 Å². The van der Waals surface area contributed by atoms with Gasteiger partial charge in [-0.2, -0.15) is 0 Å². The van der Waals surface area contributed by atoms with Crippen molar-refractivity contribution in [1.29, 1.82) is 0 Å². The standard InChI is InChI=1S/C11H8Cl2N4O3/c12-6-2-1-5(3-7(6)13)14-10(19)15-8-4-9(18)17-11(20)16-8/h1-4H,(H4,14,15,16,17,18,19,20). The molecule has 20 heavy (non-hydrogen) atoms. The van der Waals surface area contributed by atoms with Gasteiger partial charge >= 0.3 is 11.7 Å². The fourth-order valence-corrected chi connectivity index (χ4v) is 1.69. The smallest absolute Gasteiger partial charge is 0.308 e. The molecule has 4 N–H and O–H groups in total. The van der Waals surface area contributed by atoms with E-state index in [0.29, 0.717) is 10.7 Å². The molecular weight excluding hydrogens is 307 g/mol. The number of H-pyrrole nitrogens is 2. The molecular formula is C11H8Cl2N4O3. The topological polar surface area (TPSA) is 107 Å². The quantitative estimate of drug-likeness (QED) is 0.681. The third-order valence-electron chi connectivity index (χ3n) is 2.19. The molecule has 2 amide bonds. The van der Waals surface area contributed by atoms with Crippen LogP contribution in [0.15, 0.2) is 33.9 Å². The van der Waals surface area contributed by atoms with Gasteiger partial charge in [-0.15, -0.1) is 0 Å². The molecule has 0 saturated heterocycles. The Morgan fingerprint density at radius 2 is 1.75 bits per heavy atom. The van der Waals surface area contributed by atoms with Gasteiger partial charge in [-0.1, -0.05) is 23.2 Å². The molecule has 0 aliphatic carbocycles. The number of carbonyl (C=O) groups excluding carboxylic acids is 1. The van der Waals surface area contributed by atoms with Crippen molar-refractivity contribution in [2.45, 2.75) is 0 Å². The van der Waals surface area contributed by atoms with Crippen LogP contribution in [-0.2, 0) is 0 Å². The number of carbonyl (C=O) groups is 1. The van der Waals surface area contributed by atoms with Crippen molar-refractivity contribution in [3.63, 3.8) is 0 Å². The molecule has 1 aromatic carbocycles. The zero-order valence-electron chi connectivity index (χ0n) is 9.79. The average molecular weight is 315 g/mol. The predicted octanol–water partition coefficient (Wildman–Crippen LogP) is 2.01. The second-order valence-corrected chi connectivity index (χ2v) is 4.52. The summed E-state index contributed by atoms with van der Waals surface area (Å²) in [6.45, 7) is 0. The second kappa shape index (κ2) is 5.81. The monoisotopic (exact) mass is 314 g/mol. The number of hydrogen-bond donors (Lipinski definition) is 4. The highest BCUT2D eigenvalue weighted by atomic mass is 35.5. The molecule has 9 heteroatoms. The van der Waals surface area contributed by atoms with Crippen LogP contribution in [-0.4, -0.2) is 16.0 Å². The Balaban J connectivity index is 2.10. The van der Waals surface area contributed by atoms with Crippen LogP contribution in [0.3, 0.4) is 0 Å². The average Bonchev–Trinajstić information content (AvgIpc) is 2.32. The van der Waals surface area contributed by atoms with E-state index in [4.69, 9.17) is 23.2 Å². The van der Waals surface area contributed by atoms with Crippen LogP contribution in [0.2, 0.25) is 10.0 Å². The Morgan fingerprint density at radius 3 is 2.40 bits per heavy atom. The number of urea groups is 1. The summed E-state index contributed by atoms with van der Waals surface area (Å²) >= 11 is 11.5. The summed E-state index contributed by atoms with van der Waals surface area (Å²) < 4.78 is 0. The molecule has 0 atom stereocenters. The lowest BCUT2D eigenvalue weighted by molar-refractivity contribution is 0.262. The molecule has 7 nitrogen and oxygen atoms in total. The maximum atomic E-state index is 11.7. The first-order chi connectivity index (χ1) is 9.44. The van der Waals surface area contributed by atoms with E-state index in [1.165, 1.54) is 12.1 Å². The number of rotatable bonds is 2. The fraction of sp³-hybridized carbons (Fsp3) is 0. The number of benzene rings is 1. The number of amides is 2. The Labute approximate surface area is 121 Å². The Kier molecular flexibility index (Phi) is 4.11. The highest BCUT2D eigenvalue weighted by molar-refractivity contribution is 6.42. The molecule has 104 valence electrons. The number of aromatic nitrogens is 2. The van der Waals surface area contributed by atoms with Gasteiger partial charge in [-0.05, 0) is 18.2 Å². The number of nitrogens with one attached hydrogen (secondary N) is 4. The summed E-state index contributed by atoms with van der Waals surface area (Å²) in [5.74, 6) is -0.0312. The second-order valence-electron chi connectivity index (χ2n) is 3.71. The number of hydrogen-bond acceptors (Lipinski definition) is 3. The normalized spacial score (nSPS) is 10.1. The molecule has 2 aromatic rings. The van der Waals surface area contributed by atoms with Crippen molar-refractivity contribution in [3.05, 3.63) is 55.1 Å². The van der Waals surface area contributed by atoms with Crippen LogP contribution in [0, 0.1) is 0 Å². The maximum Gasteiger partial charge on any atom is 0.327 e. The van der Waals surface area contributed by atoms with Crippen LogP contribution in [0.1, 0.15) is 0 Å². The van der Waals surface area contributed by atoms with Crippen LogP contribution in [0.25, 0.3) is 0 Å². The minimum absolute atomic E-state index is 0.0312. The van der Waals surface area contributed by atoms with E-state index in [0.717, 1.165) is 6.07 Å². The van der Waals surface area contributed by atoms with Gasteiger partial charge in [-0.3, -0.25) is 20.1 Å². The van der Waals surface area contributed by atoms with Crippen molar-refractivity contribution >= 4 is 40.7 Å². The lowest BCUT2D eigenvalue weighted by Gasteiger charge is -2.07. The van der Waals surface area contributed by atoms with E-state index in [1.807, 2.05) is 4.98 Å². The Morgan fingerprint density at radius 1 is 1.00 bits per heavy atom. The SMILES string of the molecule is O=C(Nc1ccc(Cl)c(Cl)c1)Nc1cc(=O)[nH]c(=O)[nH]1. The molecule has 0 aliphatic rings. The Bertz CT molecular complexity index is 740. The molecule has 0 unspecified atom stereocenters. The van der Waals surface area contributed by atoms with Gasteiger partial charge in [-0.25, -0.2) is 9.59 Å². The van der Waals surface area contributed by atoms with Crippen LogP contribution in [0.4, 0.5) is 16.3 Å². The molecule has 0 fully saturated rings. The van der Waals surface area contributed by atoms with Gasteiger partial charge in [0.1, 0.15) is 5.82 Å². The summed E-state index contributed by atoms with van der Waals surface area (Å²) in [4.78, 5) is 38.0. The first-order valence-corrected chi connectivity index (χ1v) is 6.06. The minimum Gasteiger partial charge on any atom is -0.308 e. The lowest BCUT2D eigenvalue weighted by Crippen LogP contribution is -2.26. The largest absolute Gasteiger partial charge is 0.327 e. The highest BCUT2D eigenvalue weighted by Crippen LogP contribution is 2.24. The van der Waals surface area contributed by atoms with E-state index >= 15 is 0 Å². The minimum atomic E-state index is -0.720. The highest BCUT2D eigenvalue weighted by Gasteiger charge is 2.06. The maximum absolute atomic E-state index is 11.7. The summed E-state index contributed by atoms with van der Waals surface area (Å²) in [5.41, 5.74) is -0.940. The molecule has 0 radical (unpaired) electrons. The molecule has 0 aliphatic heterocycles. The van der Waals surface area contributed by atoms with Gasteiger partial charge in [0.2, 0.25) is 0 Å². The molecule has 0 spiro atoms. The van der Waals surface area contributed by atoms with E-state index in [2.05, 4.69) is 15.6 Å². The van der Waals surface area contributed by atoms with Crippen molar-refractivity contribution in [2.75, 3.05) is 10.6 Å². The third kappa shape index (κ3) is 3.62. The first kappa shape index (κ1) is 14.2. The van der Waals surface area contributed by atoms with E-state index < -0.39 is 17.3 Å². The molecule has 0 bridgehead atoms. The van der Waals surface area contributed by atoms with Gasteiger partial charge in [0.25, 0.3) is 5.56 Å². The van der Waals surface area contributed by atoms with Gasteiger partial charge < -0.3 is 5.32 Å². The summed E-state index contributed by atoms with van der Waals surface area (Å²) in [7, 11) is 0. The Hall–Kier alpha value is -2.25. The number of anilines is 2. The predicted molar refractivity (Wildman–Crippen MR) is 76.8 cm³/mol. The molecule has 0 saturated carbocycles. The fourth-order valence-electron chi connectivity index (χ4n) is 1.39.